The van der Waals surface area contributed by atoms with E-state index in [-0.39, 0.29) is 36.0 Å². The summed E-state index contributed by atoms with van der Waals surface area (Å²) < 4.78 is 13.1. The molecule has 5 aliphatic carbocycles. The van der Waals surface area contributed by atoms with E-state index in [2.05, 4.69) is 90.1 Å². The Hall–Kier alpha value is -2.62. The highest BCUT2D eigenvalue weighted by atomic mass is 16.6. The van der Waals surface area contributed by atoms with E-state index in [1.165, 1.54) is 12.8 Å². The van der Waals surface area contributed by atoms with Gasteiger partial charge in [-0.2, -0.15) is 0 Å². The summed E-state index contributed by atoms with van der Waals surface area (Å²) in [6.45, 7) is 13.5. The standard InChI is InChI=1S/C38H50O4/c1-21(2)25-17-15-23(5)19-31(25)41-37(39)35-33-27-11-7-9-13-29(27)34(30-14-10-8-12-28(30)33)36(35)38(40)42-32-20-24(6)16-18-26(32)22(3)4/h7-14,21-26,31-36H,15-20H2,1-6H3/t23-,24-,25+,26+,31-,32-,33?,34?,35+,36+/m1/s1. The van der Waals surface area contributed by atoms with Gasteiger partial charge in [-0.3, -0.25) is 9.59 Å². The van der Waals surface area contributed by atoms with Gasteiger partial charge in [-0.05, 0) is 83.4 Å². The number of ether oxygens (including phenoxy) is 2. The molecule has 0 heterocycles. The topological polar surface area (TPSA) is 52.6 Å². The molecule has 2 fully saturated rings. The third kappa shape index (κ3) is 5.22. The lowest BCUT2D eigenvalue weighted by Gasteiger charge is -2.49. The third-order valence-electron chi connectivity index (χ3n) is 11.4. The number of hydrogen-bond acceptors (Lipinski definition) is 4. The van der Waals surface area contributed by atoms with E-state index in [4.69, 9.17) is 9.47 Å². The molecule has 2 aromatic carbocycles. The van der Waals surface area contributed by atoms with Gasteiger partial charge in [-0.1, -0.05) is 103 Å². The Morgan fingerprint density at radius 2 is 0.929 bits per heavy atom. The lowest BCUT2D eigenvalue weighted by atomic mass is 9.54. The first-order chi connectivity index (χ1) is 20.2. The minimum Gasteiger partial charge on any atom is -0.462 e. The lowest BCUT2D eigenvalue weighted by molar-refractivity contribution is -0.176. The number of hydrogen-bond donors (Lipinski definition) is 0. The minimum absolute atomic E-state index is 0.103. The molecule has 42 heavy (non-hydrogen) atoms. The highest BCUT2D eigenvalue weighted by molar-refractivity contribution is 5.88. The van der Waals surface area contributed by atoms with Crippen LogP contribution in [0.5, 0.6) is 0 Å². The number of esters is 2. The van der Waals surface area contributed by atoms with E-state index in [9.17, 15) is 9.59 Å². The Morgan fingerprint density at radius 3 is 1.24 bits per heavy atom. The number of carbonyl (C=O) groups excluding carboxylic acids is 2. The molecule has 0 N–H and O–H groups in total. The molecule has 0 unspecified atom stereocenters. The van der Waals surface area contributed by atoms with Crippen molar-refractivity contribution in [2.75, 3.05) is 0 Å². The number of rotatable bonds is 6. The van der Waals surface area contributed by atoms with Gasteiger partial charge < -0.3 is 9.47 Å². The molecule has 2 aromatic rings. The maximum atomic E-state index is 14.6. The van der Waals surface area contributed by atoms with Crippen LogP contribution in [-0.4, -0.2) is 24.1 Å². The zero-order chi connectivity index (χ0) is 29.7. The average molecular weight is 571 g/mol. The molecule has 5 aliphatic rings. The zero-order valence-electron chi connectivity index (χ0n) is 26.4. The summed E-state index contributed by atoms with van der Waals surface area (Å²) in [4.78, 5) is 29.1. The van der Waals surface area contributed by atoms with E-state index in [1.54, 1.807) is 0 Å². The van der Waals surface area contributed by atoms with Gasteiger partial charge in [-0.15, -0.1) is 0 Å². The van der Waals surface area contributed by atoms with E-state index in [1.807, 2.05) is 0 Å². The van der Waals surface area contributed by atoms with Gasteiger partial charge in [0, 0.05) is 11.8 Å². The van der Waals surface area contributed by atoms with Gasteiger partial charge in [-0.25, -0.2) is 0 Å². The predicted octanol–water partition coefficient (Wildman–Crippen LogP) is 8.52. The molecule has 226 valence electrons. The molecule has 0 saturated heterocycles. The minimum atomic E-state index is -0.587. The van der Waals surface area contributed by atoms with E-state index in [0.29, 0.717) is 35.5 Å². The first kappa shape index (κ1) is 29.5. The summed E-state index contributed by atoms with van der Waals surface area (Å²) >= 11 is 0. The second kappa shape index (κ2) is 11.8. The van der Waals surface area contributed by atoms with Crippen LogP contribution >= 0.6 is 0 Å². The normalized spacial score (nSPS) is 35.4. The molecule has 0 aromatic heterocycles. The molecule has 0 amide bonds. The Morgan fingerprint density at radius 1 is 0.595 bits per heavy atom. The summed E-state index contributed by atoms with van der Waals surface area (Å²) in [6, 6.07) is 16.9. The second-order valence-corrected chi connectivity index (χ2v) is 14.9. The quantitative estimate of drug-likeness (QED) is 0.327. The van der Waals surface area contributed by atoms with Crippen LogP contribution in [-0.2, 0) is 19.1 Å². The number of carbonyl (C=O) groups is 2. The molecule has 2 saturated carbocycles. The highest BCUT2D eigenvalue weighted by Gasteiger charge is 2.57. The molecule has 2 bridgehead atoms. The van der Waals surface area contributed by atoms with Gasteiger partial charge in [0.05, 0.1) is 11.8 Å². The Kier molecular flexibility index (Phi) is 8.28. The van der Waals surface area contributed by atoms with Crippen LogP contribution in [0, 0.1) is 47.3 Å². The van der Waals surface area contributed by atoms with Crippen molar-refractivity contribution in [2.24, 2.45) is 47.3 Å². The Labute approximate surface area is 253 Å². The number of benzene rings is 2. The van der Waals surface area contributed by atoms with Crippen molar-refractivity contribution in [1.29, 1.82) is 0 Å². The fourth-order valence-corrected chi connectivity index (χ4v) is 9.20. The summed E-state index contributed by atoms with van der Waals surface area (Å²) in [7, 11) is 0. The smallest absolute Gasteiger partial charge is 0.311 e. The van der Waals surface area contributed by atoms with Crippen LogP contribution in [0.1, 0.15) is 114 Å². The molecular formula is C38H50O4. The predicted molar refractivity (Wildman–Crippen MR) is 166 cm³/mol. The first-order valence-corrected chi connectivity index (χ1v) is 16.7. The molecule has 7 rings (SSSR count). The summed E-state index contributed by atoms with van der Waals surface area (Å²) in [5, 5.41) is 0. The Bertz CT molecular complexity index is 1150. The molecule has 4 nitrogen and oxygen atoms in total. The van der Waals surface area contributed by atoms with Crippen LogP contribution in [0.2, 0.25) is 0 Å². The number of fused-ring (bicyclic) bond motifs is 1. The maximum Gasteiger partial charge on any atom is 0.311 e. The van der Waals surface area contributed by atoms with Gasteiger partial charge >= 0.3 is 11.9 Å². The van der Waals surface area contributed by atoms with Gasteiger partial charge in [0.15, 0.2) is 0 Å². The first-order valence-electron chi connectivity index (χ1n) is 16.7. The van der Waals surface area contributed by atoms with Crippen LogP contribution in [0.3, 0.4) is 0 Å². The van der Waals surface area contributed by atoms with Crippen molar-refractivity contribution in [3.63, 3.8) is 0 Å². The van der Waals surface area contributed by atoms with Gasteiger partial charge in [0.25, 0.3) is 0 Å². The van der Waals surface area contributed by atoms with Crippen molar-refractivity contribution in [3.05, 3.63) is 70.8 Å². The third-order valence-corrected chi connectivity index (χ3v) is 11.4. The summed E-state index contributed by atoms with van der Waals surface area (Å²) in [5.74, 6) is 0.645. The van der Waals surface area contributed by atoms with E-state index >= 15 is 0 Å². The highest BCUT2D eigenvalue weighted by Crippen LogP contribution is 2.59. The van der Waals surface area contributed by atoms with E-state index < -0.39 is 11.8 Å². The molecule has 8 atom stereocenters. The van der Waals surface area contributed by atoms with Gasteiger partial charge in [0.2, 0.25) is 0 Å². The summed E-state index contributed by atoms with van der Waals surface area (Å²) in [5.41, 5.74) is 4.65. The van der Waals surface area contributed by atoms with Crippen molar-refractivity contribution in [2.45, 2.75) is 104 Å². The maximum absolute atomic E-state index is 14.6. The fraction of sp³-hybridized carbons (Fsp3) is 0.632. The van der Waals surface area contributed by atoms with Crippen molar-refractivity contribution in [3.8, 4) is 0 Å². The second-order valence-electron chi connectivity index (χ2n) is 14.9. The molecule has 4 heteroatoms. The average Bonchev–Trinajstić information content (AvgIpc) is 2.96. The van der Waals surface area contributed by atoms with E-state index in [0.717, 1.165) is 47.9 Å². The molecule has 0 spiro atoms. The lowest BCUT2D eigenvalue weighted by Crippen LogP contribution is -2.50. The summed E-state index contributed by atoms with van der Waals surface area (Å²) in [6.07, 6.45) is 6.11. The van der Waals surface area contributed by atoms with Crippen LogP contribution in [0.4, 0.5) is 0 Å². The van der Waals surface area contributed by atoms with Crippen molar-refractivity contribution >= 4 is 11.9 Å². The van der Waals surface area contributed by atoms with Crippen LogP contribution in [0.25, 0.3) is 0 Å². The monoisotopic (exact) mass is 570 g/mol. The molecule has 0 radical (unpaired) electrons. The van der Waals surface area contributed by atoms with Crippen molar-refractivity contribution in [1.82, 2.24) is 0 Å². The molecular weight excluding hydrogens is 520 g/mol. The molecule has 0 aliphatic heterocycles. The Balaban J connectivity index is 1.39. The SMILES string of the molecule is CC(C)[C@@H]1CC[C@@H](C)C[C@H]1OC(=O)[C@H]1C2c3ccccc3C(c3ccccc32)[C@@H]1C(=O)O[C@@H]1C[C@H](C)CC[C@H]1C(C)C. The fourth-order valence-electron chi connectivity index (χ4n) is 9.20. The van der Waals surface area contributed by atoms with Crippen molar-refractivity contribution < 1.29 is 19.1 Å². The van der Waals surface area contributed by atoms with Crippen LogP contribution in [0.15, 0.2) is 48.5 Å². The zero-order valence-corrected chi connectivity index (χ0v) is 26.4. The largest absolute Gasteiger partial charge is 0.462 e. The van der Waals surface area contributed by atoms with Crippen LogP contribution < -0.4 is 0 Å². The van der Waals surface area contributed by atoms with Gasteiger partial charge in [0.1, 0.15) is 12.2 Å².